The number of nitrogens with zero attached hydrogens (tertiary/aromatic N) is 4. The number of para-hydroxylation sites is 1. The monoisotopic (exact) mass is 393 g/mol. The number of benzene rings is 1. The van der Waals surface area contributed by atoms with Crippen LogP contribution in [0.4, 0.5) is 10.8 Å². The van der Waals surface area contributed by atoms with E-state index in [-0.39, 0.29) is 24.4 Å². The van der Waals surface area contributed by atoms with Gasteiger partial charge in [-0.3, -0.25) is 14.6 Å². The average molecular weight is 394 g/mol. The standard InChI is InChI=1S/C18H23N5OS.ClH/c19-18-20-12-15(25-18)13-21-8-10-22(11-9-21)16-6-7-23(17(16)24)14-4-2-1-3-5-14;/h1-5,12,16H,6-11,13H2,(H2,19,20);1H. The molecule has 26 heavy (non-hydrogen) atoms. The van der Waals surface area contributed by atoms with Crippen LogP contribution in [0, 0.1) is 0 Å². The van der Waals surface area contributed by atoms with E-state index in [1.807, 2.05) is 41.4 Å². The highest BCUT2D eigenvalue weighted by Gasteiger charge is 2.37. The smallest absolute Gasteiger partial charge is 0.244 e. The molecular formula is C18H24ClN5OS. The van der Waals surface area contributed by atoms with Gasteiger partial charge in [0.05, 0.1) is 6.04 Å². The quantitative estimate of drug-likeness (QED) is 0.861. The number of rotatable bonds is 4. The van der Waals surface area contributed by atoms with Crippen LogP contribution in [0.15, 0.2) is 36.5 Å². The Bertz CT molecular complexity index is 732. The molecule has 1 atom stereocenters. The highest BCUT2D eigenvalue weighted by molar-refractivity contribution is 7.15. The minimum absolute atomic E-state index is 0. The highest BCUT2D eigenvalue weighted by atomic mass is 35.5. The van der Waals surface area contributed by atoms with Gasteiger partial charge in [0.15, 0.2) is 5.13 Å². The minimum Gasteiger partial charge on any atom is -0.375 e. The van der Waals surface area contributed by atoms with Crippen molar-refractivity contribution in [3.63, 3.8) is 0 Å². The number of carbonyl (C=O) groups is 1. The van der Waals surface area contributed by atoms with Gasteiger partial charge in [-0.25, -0.2) is 4.98 Å². The summed E-state index contributed by atoms with van der Waals surface area (Å²) in [6.45, 7) is 5.55. The van der Waals surface area contributed by atoms with Crippen LogP contribution in [-0.4, -0.2) is 59.5 Å². The number of hydrogen-bond acceptors (Lipinski definition) is 6. The molecule has 0 aliphatic carbocycles. The lowest BCUT2D eigenvalue weighted by Crippen LogP contribution is -2.52. The molecule has 1 unspecified atom stereocenters. The predicted molar refractivity (Wildman–Crippen MR) is 108 cm³/mol. The first-order valence-corrected chi connectivity index (χ1v) is 9.55. The summed E-state index contributed by atoms with van der Waals surface area (Å²) < 4.78 is 0. The number of halogens is 1. The number of amides is 1. The molecule has 2 aliphatic heterocycles. The number of anilines is 2. The van der Waals surface area contributed by atoms with E-state index in [9.17, 15) is 4.79 Å². The molecule has 2 aliphatic rings. The summed E-state index contributed by atoms with van der Waals surface area (Å²) in [4.78, 5) is 24.8. The Morgan fingerprint density at radius 2 is 1.85 bits per heavy atom. The van der Waals surface area contributed by atoms with Crippen LogP contribution in [0.1, 0.15) is 11.3 Å². The van der Waals surface area contributed by atoms with Crippen molar-refractivity contribution in [2.75, 3.05) is 43.4 Å². The maximum atomic E-state index is 12.8. The molecule has 2 fully saturated rings. The van der Waals surface area contributed by atoms with Crippen molar-refractivity contribution < 1.29 is 4.79 Å². The van der Waals surface area contributed by atoms with Gasteiger partial charge in [0.25, 0.3) is 0 Å². The van der Waals surface area contributed by atoms with Crippen molar-refractivity contribution in [3.05, 3.63) is 41.4 Å². The summed E-state index contributed by atoms with van der Waals surface area (Å²) in [6.07, 6.45) is 2.78. The molecule has 2 N–H and O–H groups in total. The second kappa shape index (κ2) is 8.35. The Kier molecular flexibility index (Phi) is 6.13. The molecule has 1 aromatic heterocycles. The van der Waals surface area contributed by atoms with E-state index in [2.05, 4.69) is 14.8 Å². The van der Waals surface area contributed by atoms with E-state index in [0.29, 0.717) is 5.13 Å². The third-order valence-electron chi connectivity index (χ3n) is 5.04. The fourth-order valence-corrected chi connectivity index (χ4v) is 4.44. The predicted octanol–water partition coefficient (Wildman–Crippen LogP) is 2.07. The van der Waals surface area contributed by atoms with E-state index in [1.165, 1.54) is 4.88 Å². The van der Waals surface area contributed by atoms with Gasteiger partial charge in [-0.05, 0) is 18.6 Å². The summed E-state index contributed by atoms with van der Waals surface area (Å²) in [5.74, 6) is 0.245. The van der Waals surface area contributed by atoms with Crippen LogP contribution in [-0.2, 0) is 11.3 Å². The number of aromatic nitrogens is 1. The molecule has 0 spiro atoms. The van der Waals surface area contributed by atoms with Crippen LogP contribution in [0.2, 0.25) is 0 Å². The maximum Gasteiger partial charge on any atom is 0.244 e. The van der Waals surface area contributed by atoms with E-state index >= 15 is 0 Å². The molecule has 0 saturated carbocycles. The second-order valence-electron chi connectivity index (χ2n) is 6.61. The van der Waals surface area contributed by atoms with Gasteiger partial charge in [0, 0.05) is 56.0 Å². The summed E-state index contributed by atoms with van der Waals surface area (Å²) in [5.41, 5.74) is 6.71. The number of hydrogen-bond donors (Lipinski definition) is 1. The van der Waals surface area contributed by atoms with E-state index in [1.54, 1.807) is 11.3 Å². The van der Waals surface area contributed by atoms with E-state index in [4.69, 9.17) is 5.73 Å². The summed E-state index contributed by atoms with van der Waals surface area (Å²) >= 11 is 1.56. The lowest BCUT2D eigenvalue weighted by molar-refractivity contribution is -0.122. The zero-order valence-electron chi connectivity index (χ0n) is 14.6. The van der Waals surface area contributed by atoms with Gasteiger partial charge in [-0.15, -0.1) is 23.7 Å². The Labute approximate surface area is 164 Å². The SMILES string of the molecule is Cl.Nc1ncc(CN2CCN(C3CCN(c4ccccc4)C3=O)CC2)s1. The molecule has 1 amide bonds. The fraction of sp³-hybridized carbons (Fsp3) is 0.444. The van der Waals surface area contributed by atoms with Crippen LogP contribution in [0.5, 0.6) is 0 Å². The zero-order valence-corrected chi connectivity index (χ0v) is 16.2. The van der Waals surface area contributed by atoms with Crippen molar-refractivity contribution in [2.45, 2.75) is 19.0 Å². The topological polar surface area (TPSA) is 65.7 Å². The first-order chi connectivity index (χ1) is 12.2. The van der Waals surface area contributed by atoms with Crippen LogP contribution in [0.3, 0.4) is 0 Å². The van der Waals surface area contributed by atoms with Gasteiger partial charge in [0.1, 0.15) is 0 Å². The lowest BCUT2D eigenvalue weighted by atomic mass is 10.2. The third kappa shape index (κ3) is 4.01. The van der Waals surface area contributed by atoms with Crippen LogP contribution in [0.25, 0.3) is 0 Å². The summed E-state index contributed by atoms with van der Waals surface area (Å²) in [6, 6.07) is 10.0. The molecule has 6 nitrogen and oxygen atoms in total. The zero-order chi connectivity index (χ0) is 17.2. The van der Waals surface area contributed by atoms with E-state index in [0.717, 1.165) is 51.4 Å². The summed E-state index contributed by atoms with van der Waals surface area (Å²) in [7, 11) is 0. The fourth-order valence-electron chi connectivity index (χ4n) is 3.72. The Hall–Kier alpha value is -1.67. The number of nitrogen functional groups attached to an aromatic ring is 1. The van der Waals surface area contributed by atoms with Crippen LogP contribution >= 0.6 is 23.7 Å². The molecule has 140 valence electrons. The number of nitrogens with two attached hydrogens (primary N) is 1. The highest BCUT2D eigenvalue weighted by Crippen LogP contribution is 2.25. The second-order valence-corrected chi connectivity index (χ2v) is 7.75. The normalized spacial score (nSPS) is 21.8. The Balaban J connectivity index is 0.00000196. The molecule has 0 radical (unpaired) electrons. The minimum atomic E-state index is 0. The number of carbonyl (C=O) groups excluding carboxylic acids is 1. The van der Waals surface area contributed by atoms with Gasteiger partial charge in [-0.1, -0.05) is 18.2 Å². The van der Waals surface area contributed by atoms with Gasteiger partial charge >= 0.3 is 0 Å². The molecule has 4 rings (SSSR count). The average Bonchev–Trinajstić information content (AvgIpc) is 3.22. The third-order valence-corrected chi connectivity index (χ3v) is 5.85. The molecule has 2 saturated heterocycles. The maximum absolute atomic E-state index is 12.8. The van der Waals surface area contributed by atoms with Crippen molar-refractivity contribution in [1.29, 1.82) is 0 Å². The van der Waals surface area contributed by atoms with Crippen molar-refractivity contribution in [3.8, 4) is 0 Å². The first kappa shape index (κ1) is 19.1. The molecular weight excluding hydrogens is 370 g/mol. The molecule has 2 aromatic rings. The van der Waals surface area contributed by atoms with Gasteiger partial charge in [-0.2, -0.15) is 0 Å². The number of piperazine rings is 1. The Morgan fingerprint density at radius 3 is 2.50 bits per heavy atom. The van der Waals surface area contributed by atoms with Crippen molar-refractivity contribution in [1.82, 2.24) is 14.8 Å². The van der Waals surface area contributed by atoms with Gasteiger partial charge in [0.2, 0.25) is 5.91 Å². The Morgan fingerprint density at radius 1 is 1.12 bits per heavy atom. The van der Waals surface area contributed by atoms with Crippen LogP contribution < -0.4 is 10.6 Å². The lowest BCUT2D eigenvalue weighted by Gasteiger charge is -2.37. The molecule has 3 heterocycles. The molecule has 8 heteroatoms. The first-order valence-electron chi connectivity index (χ1n) is 8.74. The molecule has 1 aromatic carbocycles. The van der Waals surface area contributed by atoms with Crippen molar-refractivity contribution in [2.24, 2.45) is 0 Å². The number of thiazole rings is 1. The largest absolute Gasteiger partial charge is 0.375 e. The van der Waals surface area contributed by atoms with Crippen molar-refractivity contribution >= 4 is 40.5 Å². The van der Waals surface area contributed by atoms with Gasteiger partial charge < -0.3 is 10.6 Å². The van der Waals surface area contributed by atoms with E-state index < -0.39 is 0 Å². The summed E-state index contributed by atoms with van der Waals surface area (Å²) in [5, 5.41) is 0.631. The molecule has 0 bridgehead atoms.